The van der Waals surface area contributed by atoms with Gasteiger partial charge in [-0.1, -0.05) is 0 Å². The maximum atomic E-state index is 3.69. The lowest BCUT2D eigenvalue weighted by Gasteiger charge is -2.15. The molecule has 7 heavy (non-hydrogen) atoms. The zero-order chi connectivity index (χ0) is 5.70. The summed E-state index contributed by atoms with van der Waals surface area (Å²) in [5.41, 5.74) is 0. The Hall–Kier alpha value is -0.0800. The summed E-state index contributed by atoms with van der Waals surface area (Å²) >= 11 is 0. The summed E-state index contributed by atoms with van der Waals surface area (Å²) in [4.78, 5) is 2.08. The number of nitrogens with zero attached hydrogens (tertiary/aromatic N) is 1. The highest BCUT2D eigenvalue weighted by molar-refractivity contribution is 4.46. The van der Waals surface area contributed by atoms with E-state index in [0.717, 1.165) is 13.2 Å². The molecule has 0 aliphatic rings. The van der Waals surface area contributed by atoms with Crippen molar-refractivity contribution in [2.45, 2.75) is 0 Å². The van der Waals surface area contributed by atoms with Gasteiger partial charge in [0.25, 0.3) is 0 Å². The van der Waals surface area contributed by atoms with Gasteiger partial charge in [0.2, 0.25) is 0 Å². The normalized spacial score (nSPS) is 10.3. The van der Waals surface area contributed by atoms with Gasteiger partial charge < -0.3 is 17.1 Å². The lowest BCUT2D eigenvalue weighted by Crippen LogP contribution is -2.28. The fourth-order valence-electron chi connectivity index (χ4n) is 0.349. The molecule has 0 rings (SSSR count). The molecule has 0 aromatic heterocycles. The molecule has 2 nitrogen and oxygen atoms in total. The van der Waals surface area contributed by atoms with Crippen molar-refractivity contribution in [3.63, 3.8) is 0 Å². The molecular formula is C5H13N2-. The van der Waals surface area contributed by atoms with Gasteiger partial charge in [-0.2, -0.15) is 0 Å². The predicted octanol–water partition coefficient (Wildman–Crippen LogP) is -0.0708. The minimum Gasteiger partial charge on any atom is -0.330 e. The van der Waals surface area contributed by atoms with E-state index < -0.39 is 0 Å². The standard InChI is InChI=1S/C5H13N2/c1-4-7(3)5-6-2/h6H,1,4-5H2,2-3H3/q-1. The zero-order valence-electron chi connectivity index (χ0n) is 5.07. The topological polar surface area (TPSA) is 15.3 Å². The van der Waals surface area contributed by atoms with Crippen LogP contribution in [0.4, 0.5) is 0 Å². The summed E-state index contributed by atoms with van der Waals surface area (Å²) < 4.78 is 0. The smallest absolute Gasteiger partial charge is 0.0451 e. The highest BCUT2D eigenvalue weighted by atomic mass is 15.2. The van der Waals surface area contributed by atoms with Crippen molar-refractivity contribution in [2.24, 2.45) is 0 Å². The molecule has 0 unspecified atom stereocenters. The Kier molecular flexibility index (Phi) is 4.04. The van der Waals surface area contributed by atoms with Crippen LogP contribution in [0.5, 0.6) is 0 Å². The van der Waals surface area contributed by atoms with E-state index in [1.54, 1.807) is 0 Å². The van der Waals surface area contributed by atoms with Gasteiger partial charge in [-0.25, -0.2) is 0 Å². The van der Waals surface area contributed by atoms with E-state index in [4.69, 9.17) is 0 Å². The van der Waals surface area contributed by atoms with Crippen molar-refractivity contribution in [3.05, 3.63) is 6.92 Å². The largest absolute Gasteiger partial charge is 0.330 e. The molecule has 0 saturated carbocycles. The van der Waals surface area contributed by atoms with Gasteiger partial charge in [0.05, 0.1) is 0 Å². The second-order valence-electron chi connectivity index (χ2n) is 1.59. The highest BCUT2D eigenvalue weighted by Crippen LogP contribution is 1.71. The molecule has 0 atom stereocenters. The molecule has 2 heteroatoms. The van der Waals surface area contributed by atoms with Crippen LogP contribution < -0.4 is 5.32 Å². The van der Waals surface area contributed by atoms with E-state index in [0.29, 0.717) is 0 Å². The summed E-state index contributed by atoms with van der Waals surface area (Å²) in [5.74, 6) is 0. The second kappa shape index (κ2) is 4.09. The Morgan fingerprint density at radius 1 is 1.71 bits per heavy atom. The van der Waals surface area contributed by atoms with Gasteiger partial charge in [-0.3, -0.25) is 0 Å². The van der Waals surface area contributed by atoms with E-state index in [9.17, 15) is 0 Å². The van der Waals surface area contributed by atoms with E-state index in [2.05, 4.69) is 17.1 Å². The number of rotatable bonds is 3. The molecule has 0 aliphatic carbocycles. The van der Waals surface area contributed by atoms with Crippen LogP contribution in [0.15, 0.2) is 0 Å². The van der Waals surface area contributed by atoms with Crippen LogP contribution in [0, 0.1) is 6.92 Å². The molecule has 0 spiro atoms. The van der Waals surface area contributed by atoms with E-state index in [1.165, 1.54) is 0 Å². The van der Waals surface area contributed by atoms with Crippen molar-refractivity contribution in [1.29, 1.82) is 0 Å². The minimum absolute atomic E-state index is 0.862. The molecule has 0 saturated heterocycles. The fourth-order valence-corrected chi connectivity index (χ4v) is 0.349. The average Bonchev–Trinajstić information content (AvgIpc) is 1.68. The third kappa shape index (κ3) is 3.76. The van der Waals surface area contributed by atoms with E-state index >= 15 is 0 Å². The third-order valence-corrected chi connectivity index (χ3v) is 0.810. The van der Waals surface area contributed by atoms with E-state index in [-0.39, 0.29) is 0 Å². The van der Waals surface area contributed by atoms with Gasteiger partial charge in [-0.05, 0) is 14.1 Å². The van der Waals surface area contributed by atoms with Gasteiger partial charge >= 0.3 is 0 Å². The highest BCUT2D eigenvalue weighted by Gasteiger charge is 1.81. The molecule has 0 aromatic carbocycles. The SMILES string of the molecule is [CH2-]CN(C)CNC. The summed E-state index contributed by atoms with van der Waals surface area (Å²) in [5, 5.41) is 3.00. The molecule has 44 valence electrons. The summed E-state index contributed by atoms with van der Waals surface area (Å²) in [6, 6.07) is 0. The number of hydrogen-bond donors (Lipinski definition) is 1. The van der Waals surface area contributed by atoms with E-state index in [1.807, 2.05) is 14.1 Å². The van der Waals surface area contributed by atoms with Crippen LogP contribution in [0.1, 0.15) is 0 Å². The first kappa shape index (κ1) is 6.92. The Morgan fingerprint density at radius 2 is 2.29 bits per heavy atom. The van der Waals surface area contributed by atoms with Crippen LogP contribution in [0.2, 0.25) is 0 Å². The minimum atomic E-state index is 0.862. The number of nitrogens with one attached hydrogen (secondary N) is 1. The van der Waals surface area contributed by atoms with Gasteiger partial charge in [0, 0.05) is 6.67 Å². The van der Waals surface area contributed by atoms with Crippen LogP contribution in [0.3, 0.4) is 0 Å². The first-order valence-electron chi connectivity index (χ1n) is 2.43. The molecule has 0 aromatic rings. The number of hydrogen-bond acceptors (Lipinski definition) is 2. The Bertz CT molecular complexity index is 37.1. The third-order valence-electron chi connectivity index (χ3n) is 0.810. The molecule has 0 heterocycles. The van der Waals surface area contributed by atoms with Crippen molar-refractivity contribution in [1.82, 2.24) is 10.2 Å². The monoisotopic (exact) mass is 101 g/mol. The lowest BCUT2D eigenvalue weighted by atomic mass is 10.7. The van der Waals surface area contributed by atoms with Crippen molar-refractivity contribution in [3.8, 4) is 0 Å². The molecule has 0 fully saturated rings. The predicted molar refractivity (Wildman–Crippen MR) is 31.9 cm³/mol. The van der Waals surface area contributed by atoms with Crippen LogP contribution in [0.25, 0.3) is 0 Å². The maximum absolute atomic E-state index is 3.69. The lowest BCUT2D eigenvalue weighted by molar-refractivity contribution is 0.349. The van der Waals surface area contributed by atoms with Crippen molar-refractivity contribution < 1.29 is 0 Å². The summed E-state index contributed by atoms with van der Waals surface area (Å²) in [6.07, 6.45) is 0. The van der Waals surface area contributed by atoms with Crippen LogP contribution in [-0.2, 0) is 0 Å². The molecule has 0 radical (unpaired) electrons. The maximum Gasteiger partial charge on any atom is 0.0451 e. The molecule has 0 aliphatic heterocycles. The van der Waals surface area contributed by atoms with Crippen molar-refractivity contribution in [2.75, 3.05) is 27.3 Å². The molecular weight excluding hydrogens is 88.1 g/mol. The quantitative estimate of drug-likeness (QED) is 0.395. The Morgan fingerprint density at radius 3 is 2.43 bits per heavy atom. The fraction of sp³-hybridized carbons (Fsp3) is 0.800. The molecule has 1 N–H and O–H groups in total. The summed E-state index contributed by atoms with van der Waals surface area (Å²) in [7, 11) is 3.94. The zero-order valence-corrected chi connectivity index (χ0v) is 5.07. The van der Waals surface area contributed by atoms with Crippen molar-refractivity contribution >= 4 is 0 Å². The first-order chi connectivity index (χ1) is 3.31. The molecule has 0 amide bonds. The average molecular weight is 101 g/mol. The Labute approximate surface area is 45.5 Å². The van der Waals surface area contributed by atoms with Gasteiger partial charge in [0.15, 0.2) is 0 Å². The molecule has 0 bridgehead atoms. The van der Waals surface area contributed by atoms with Crippen LogP contribution in [-0.4, -0.2) is 32.2 Å². The Balaban J connectivity index is 2.83. The first-order valence-corrected chi connectivity index (χ1v) is 2.43. The second-order valence-corrected chi connectivity index (χ2v) is 1.59. The summed E-state index contributed by atoms with van der Waals surface area (Å²) in [6.45, 7) is 5.47. The van der Waals surface area contributed by atoms with Crippen LogP contribution >= 0.6 is 0 Å². The van der Waals surface area contributed by atoms with Gasteiger partial charge in [-0.15, -0.1) is 6.54 Å². The van der Waals surface area contributed by atoms with Gasteiger partial charge in [0.1, 0.15) is 0 Å².